The molecular formula is C13H15N7O5. The normalized spacial score (nSPS) is 23.6. The van der Waals surface area contributed by atoms with Crippen LogP contribution in [0.2, 0.25) is 0 Å². The van der Waals surface area contributed by atoms with E-state index < -0.39 is 18.4 Å². The highest BCUT2D eigenvalue weighted by Crippen LogP contribution is 2.32. The third-order valence-electron chi connectivity index (χ3n) is 3.99. The minimum absolute atomic E-state index is 0.0382. The standard InChI is InChI=1S/C13H15N7O5/c21-3-6-2-20(18-17-6)13-15-11-10(12(24)16-13)14-5-19(11)9-1-7(23)8(4-22)25-9/h2,5,7-9,21-23H,1,3-4H2,(H,15,16,24)/t7-,8+,9+/m0/s1. The second-order valence-corrected chi connectivity index (χ2v) is 5.60. The zero-order valence-electron chi connectivity index (χ0n) is 12.8. The van der Waals surface area contributed by atoms with Crippen molar-refractivity contribution in [1.29, 1.82) is 0 Å². The number of aliphatic hydroxyl groups is 3. The SMILES string of the molecule is OCc1cn(-c2nc(O)c3ncn([C@H]4C[C@H](O)[C@@H](CO)O4)c3n2)nn1. The highest BCUT2D eigenvalue weighted by molar-refractivity contribution is 5.76. The molecule has 0 amide bonds. The molecule has 4 rings (SSSR count). The van der Waals surface area contributed by atoms with Gasteiger partial charge >= 0.3 is 0 Å². The van der Waals surface area contributed by atoms with Gasteiger partial charge in [0.2, 0.25) is 5.88 Å². The van der Waals surface area contributed by atoms with Crippen LogP contribution in [0.25, 0.3) is 17.1 Å². The molecule has 25 heavy (non-hydrogen) atoms. The zero-order valence-corrected chi connectivity index (χ0v) is 12.8. The van der Waals surface area contributed by atoms with Gasteiger partial charge in [-0.2, -0.15) is 14.6 Å². The van der Waals surface area contributed by atoms with E-state index in [9.17, 15) is 15.3 Å². The molecule has 0 bridgehead atoms. The van der Waals surface area contributed by atoms with Gasteiger partial charge in [0, 0.05) is 6.42 Å². The number of aromatic nitrogens is 7. The van der Waals surface area contributed by atoms with Gasteiger partial charge in [0.25, 0.3) is 5.95 Å². The van der Waals surface area contributed by atoms with Crippen LogP contribution in [0.15, 0.2) is 12.5 Å². The van der Waals surface area contributed by atoms with Gasteiger partial charge in [0.05, 0.1) is 31.8 Å². The molecule has 1 aliphatic heterocycles. The number of fused-ring (bicyclic) bond motifs is 1. The molecule has 1 aliphatic rings. The molecule has 0 saturated carbocycles. The van der Waals surface area contributed by atoms with Crippen LogP contribution in [0.1, 0.15) is 18.3 Å². The Kier molecular flexibility index (Phi) is 3.80. The van der Waals surface area contributed by atoms with E-state index in [1.165, 1.54) is 17.2 Å². The average molecular weight is 349 g/mol. The number of nitrogens with zero attached hydrogens (tertiary/aromatic N) is 7. The molecule has 3 aromatic heterocycles. The third kappa shape index (κ3) is 2.60. The summed E-state index contributed by atoms with van der Waals surface area (Å²) in [7, 11) is 0. The van der Waals surface area contributed by atoms with Crippen molar-refractivity contribution in [2.24, 2.45) is 0 Å². The number of aliphatic hydroxyl groups excluding tert-OH is 3. The molecule has 132 valence electrons. The molecule has 0 aliphatic carbocycles. The molecule has 3 atom stereocenters. The summed E-state index contributed by atoms with van der Waals surface area (Å²) in [6.07, 6.45) is 0.987. The van der Waals surface area contributed by atoms with E-state index in [1.54, 1.807) is 4.57 Å². The predicted molar refractivity (Wildman–Crippen MR) is 79.4 cm³/mol. The highest BCUT2D eigenvalue weighted by atomic mass is 16.5. The van der Waals surface area contributed by atoms with Crippen molar-refractivity contribution in [3.8, 4) is 11.8 Å². The van der Waals surface area contributed by atoms with Crippen LogP contribution in [0.3, 0.4) is 0 Å². The molecule has 0 unspecified atom stereocenters. The van der Waals surface area contributed by atoms with Crippen molar-refractivity contribution in [2.45, 2.75) is 31.5 Å². The molecule has 1 saturated heterocycles. The molecule has 3 aromatic rings. The Bertz CT molecular complexity index is 909. The zero-order chi connectivity index (χ0) is 17.6. The lowest BCUT2D eigenvalue weighted by atomic mass is 10.2. The molecule has 1 fully saturated rings. The molecule has 4 N–H and O–H groups in total. The Morgan fingerprint density at radius 2 is 2.12 bits per heavy atom. The highest BCUT2D eigenvalue weighted by Gasteiger charge is 2.35. The second kappa shape index (κ2) is 6.00. The lowest BCUT2D eigenvalue weighted by molar-refractivity contribution is -0.0432. The Morgan fingerprint density at radius 3 is 2.80 bits per heavy atom. The summed E-state index contributed by atoms with van der Waals surface area (Å²) >= 11 is 0. The average Bonchev–Trinajstić information content (AvgIpc) is 3.31. The molecule has 0 spiro atoms. The van der Waals surface area contributed by atoms with Crippen LogP contribution in [-0.2, 0) is 11.3 Å². The molecule has 0 aromatic carbocycles. The number of hydrogen-bond acceptors (Lipinski definition) is 10. The van der Waals surface area contributed by atoms with Crippen LogP contribution in [0, 0.1) is 0 Å². The quantitative estimate of drug-likeness (QED) is 0.424. The number of aromatic hydroxyl groups is 1. The van der Waals surface area contributed by atoms with E-state index in [-0.39, 0.29) is 42.6 Å². The maximum Gasteiger partial charge on any atom is 0.257 e. The van der Waals surface area contributed by atoms with Crippen LogP contribution in [0.4, 0.5) is 0 Å². The number of hydrogen-bond donors (Lipinski definition) is 4. The molecule has 4 heterocycles. The van der Waals surface area contributed by atoms with Crippen molar-refractivity contribution < 1.29 is 25.2 Å². The first-order valence-corrected chi connectivity index (χ1v) is 7.51. The lowest BCUT2D eigenvalue weighted by Gasteiger charge is -2.13. The summed E-state index contributed by atoms with van der Waals surface area (Å²) in [5.41, 5.74) is 0.765. The fourth-order valence-electron chi connectivity index (χ4n) is 2.72. The summed E-state index contributed by atoms with van der Waals surface area (Å²) in [5, 5.41) is 45.8. The van der Waals surface area contributed by atoms with Gasteiger partial charge in [0.15, 0.2) is 11.2 Å². The molecule has 12 heteroatoms. The summed E-state index contributed by atoms with van der Waals surface area (Å²) in [5.74, 6) is -0.312. The second-order valence-electron chi connectivity index (χ2n) is 5.60. The van der Waals surface area contributed by atoms with Gasteiger partial charge in [-0.25, -0.2) is 4.98 Å². The van der Waals surface area contributed by atoms with Crippen LogP contribution in [-0.4, -0.2) is 73.8 Å². The first-order chi connectivity index (χ1) is 12.1. The summed E-state index contributed by atoms with van der Waals surface area (Å²) in [6.45, 7) is -0.596. The predicted octanol–water partition coefficient (Wildman–Crippen LogP) is -1.75. The van der Waals surface area contributed by atoms with Crippen molar-refractivity contribution in [3.63, 3.8) is 0 Å². The Hall–Kier alpha value is -2.67. The first kappa shape index (κ1) is 15.8. The van der Waals surface area contributed by atoms with Gasteiger partial charge in [-0.15, -0.1) is 5.10 Å². The summed E-state index contributed by atoms with van der Waals surface area (Å²) in [6, 6.07) is 0. The lowest BCUT2D eigenvalue weighted by Crippen LogP contribution is -2.24. The van der Waals surface area contributed by atoms with Gasteiger partial charge in [-0.3, -0.25) is 4.57 Å². The van der Waals surface area contributed by atoms with E-state index in [0.717, 1.165) is 0 Å². The topological polar surface area (TPSA) is 164 Å². The van der Waals surface area contributed by atoms with Crippen molar-refractivity contribution in [3.05, 3.63) is 18.2 Å². The Balaban J connectivity index is 1.77. The fraction of sp³-hybridized carbons (Fsp3) is 0.462. The Morgan fingerprint density at radius 1 is 1.28 bits per heavy atom. The van der Waals surface area contributed by atoms with Gasteiger partial charge < -0.3 is 25.2 Å². The van der Waals surface area contributed by atoms with E-state index in [2.05, 4.69) is 25.3 Å². The first-order valence-electron chi connectivity index (χ1n) is 7.51. The van der Waals surface area contributed by atoms with Crippen LogP contribution >= 0.6 is 0 Å². The van der Waals surface area contributed by atoms with Gasteiger partial charge in [-0.1, -0.05) is 5.21 Å². The molecular weight excluding hydrogens is 334 g/mol. The van der Waals surface area contributed by atoms with Crippen molar-refractivity contribution >= 4 is 11.2 Å². The van der Waals surface area contributed by atoms with Crippen LogP contribution in [0.5, 0.6) is 5.88 Å². The van der Waals surface area contributed by atoms with E-state index in [0.29, 0.717) is 5.69 Å². The maximum absolute atomic E-state index is 10.1. The van der Waals surface area contributed by atoms with Crippen molar-refractivity contribution in [2.75, 3.05) is 6.61 Å². The van der Waals surface area contributed by atoms with E-state index in [4.69, 9.17) is 9.84 Å². The van der Waals surface area contributed by atoms with Gasteiger partial charge in [0.1, 0.15) is 18.0 Å². The smallest absolute Gasteiger partial charge is 0.257 e. The van der Waals surface area contributed by atoms with Gasteiger partial charge in [-0.05, 0) is 0 Å². The maximum atomic E-state index is 10.1. The Labute approximate surface area is 140 Å². The molecule has 0 radical (unpaired) electrons. The summed E-state index contributed by atoms with van der Waals surface area (Å²) in [4.78, 5) is 12.3. The summed E-state index contributed by atoms with van der Waals surface area (Å²) < 4.78 is 8.35. The number of imidazole rings is 1. The van der Waals surface area contributed by atoms with Crippen molar-refractivity contribution in [1.82, 2.24) is 34.5 Å². The third-order valence-corrected chi connectivity index (χ3v) is 3.99. The van der Waals surface area contributed by atoms with Crippen LogP contribution < -0.4 is 0 Å². The largest absolute Gasteiger partial charge is 0.492 e. The fourth-order valence-corrected chi connectivity index (χ4v) is 2.72. The van der Waals surface area contributed by atoms with E-state index in [1.807, 2.05) is 0 Å². The minimum atomic E-state index is -0.815. The number of ether oxygens (including phenoxy) is 1. The van der Waals surface area contributed by atoms with E-state index >= 15 is 0 Å². The number of rotatable bonds is 4. The monoisotopic (exact) mass is 349 g/mol. The minimum Gasteiger partial charge on any atom is -0.492 e. The molecule has 12 nitrogen and oxygen atoms in total.